The number of rotatable bonds is 0. The van der Waals surface area contributed by atoms with Crippen molar-refractivity contribution in [2.24, 2.45) is 0 Å². The lowest BCUT2D eigenvalue weighted by molar-refractivity contribution is 0.147. The van der Waals surface area contributed by atoms with E-state index in [0.717, 1.165) is 11.8 Å². The highest BCUT2D eigenvalue weighted by molar-refractivity contribution is 5.92. The van der Waals surface area contributed by atoms with Crippen LogP contribution in [0, 0.1) is 11.6 Å². The molecule has 22 heavy (non-hydrogen) atoms. The third kappa shape index (κ3) is 1.71. The molecule has 0 radical (unpaired) electrons. The Labute approximate surface area is 124 Å². The summed E-state index contributed by atoms with van der Waals surface area (Å²) in [5, 5.41) is 9.39. The van der Waals surface area contributed by atoms with Gasteiger partial charge >= 0.3 is 6.09 Å². The van der Waals surface area contributed by atoms with Crippen LogP contribution in [0.5, 0.6) is 5.75 Å². The van der Waals surface area contributed by atoms with Gasteiger partial charge in [-0.05, 0) is 12.0 Å². The van der Waals surface area contributed by atoms with Crippen molar-refractivity contribution in [3.8, 4) is 5.75 Å². The summed E-state index contributed by atoms with van der Waals surface area (Å²) in [6.07, 6.45) is -0.106. The Kier molecular flexibility index (Phi) is 2.79. The number of ether oxygens (including phenoxy) is 1. The molecule has 5 nitrogen and oxygen atoms in total. The minimum absolute atomic E-state index is 0.247. The Balaban J connectivity index is 1.96. The van der Waals surface area contributed by atoms with Crippen LogP contribution in [0.4, 0.5) is 13.6 Å². The summed E-state index contributed by atoms with van der Waals surface area (Å²) in [5.41, 5.74) is 2.20. The standard InChI is InChI=1S/C15H14F2N2O3/c16-9-7-11-14-12(13(9)17)8-1-3-18(15(20)21)4-2-10(8)19(14)5-6-22-11/h7H,1-6H2,(H,20,21). The molecular formula is C15H14F2N2O3. The first-order valence-electron chi connectivity index (χ1n) is 7.20. The van der Waals surface area contributed by atoms with Crippen LogP contribution >= 0.6 is 0 Å². The number of aromatic nitrogens is 1. The molecule has 1 aromatic carbocycles. The van der Waals surface area contributed by atoms with E-state index < -0.39 is 17.7 Å². The number of carboxylic acid groups (broad SMARTS) is 1. The van der Waals surface area contributed by atoms with E-state index in [1.54, 1.807) is 0 Å². The van der Waals surface area contributed by atoms with Crippen molar-refractivity contribution in [2.45, 2.75) is 19.4 Å². The van der Waals surface area contributed by atoms with E-state index in [-0.39, 0.29) is 11.9 Å². The summed E-state index contributed by atoms with van der Waals surface area (Å²) in [6, 6.07) is 1.09. The van der Waals surface area contributed by atoms with E-state index in [0.29, 0.717) is 49.4 Å². The van der Waals surface area contributed by atoms with Crippen LogP contribution < -0.4 is 4.74 Å². The molecule has 1 amide bonds. The zero-order valence-electron chi connectivity index (χ0n) is 11.7. The smallest absolute Gasteiger partial charge is 0.407 e. The van der Waals surface area contributed by atoms with Gasteiger partial charge in [0.2, 0.25) is 0 Å². The first kappa shape index (κ1) is 13.4. The lowest BCUT2D eigenvalue weighted by Gasteiger charge is -2.20. The molecule has 0 spiro atoms. The quantitative estimate of drug-likeness (QED) is 0.813. The van der Waals surface area contributed by atoms with Crippen LogP contribution in [-0.2, 0) is 19.4 Å². The second-order valence-corrected chi connectivity index (χ2v) is 5.59. The van der Waals surface area contributed by atoms with Gasteiger partial charge < -0.3 is 19.3 Å². The summed E-state index contributed by atoms with van der Waals surface area (Å²) in [4.78, 5) is 12.5. The minimum Gasteiger partial charge on any atom is -0.489 e. The summed E-state index contributed by atoms with van der Waals surface area (Å²) < 4.78 is 35.6. The highest BCUT2D eigenvalue weighted by Crippen LogP contribution is 2.39. The van der Waals surface area contributed by atoms with Gasteiger partial charge in [-0.2, -0.15) is 0 Å². The molecule has 4 rings (SSSR count). The zero-order chi connectivity index (χ0) is 15.4. The molecule has 2 aliphatic rings. The third-order valence-corrected chi connectivity index (χ3v) is 4.50. The molecule has 1 N–H and O–H groups in total. The molecule has 0 aliphatic carbocycles. The predicted molar refractivity (Wildman–Crippen MR) is 74.4 cm³/mol. The average Bonchev–Trinajstić information content (AvgIpc) is 2.66. The van der Waals surface area contributed by atoms with Crippen molar-refractivity contribution < 1.29 is 23.4 Å². The largest absolute Gasteiger partial charge is 0.489 e. The van der Waals surface area contributed by atoms with Gasteiger partial charge in [0.1, 0.15) is 12.4 Å². The molecule has 7 heteroatoms. The molecule has 1 aromatic heterocycles. The number of hydrogen-bond donors (Lipinski definition) is 1. The van der Waals surface area contributed by atoms with Crippen molar-refractivity contribution in [3.63, 3.8) is 0 Å². The number of carbonyl (C=O) groups is 1. The minimum atomic E-state index is -0.983. The van der Waals surface area contributed by atoms with E-state index >= 15 is 0 Å². The fourth-order valence-corrected chi connectivity index (χ4v) is 3.53. The average molecular weight is 308 g/mol. The fraction of sp³-hybridized carbons (Fsp3) is 0.400. The van der Waals surface area contributed by atoms with Crippen LogP contribution in [0.2, 0.25) is 0 Å². The summed E-state index contributed by atoms with van der Waals surface area (Å²) in [5.74, 6) is -1.44. The Morgan fingerprint density at radius 1 is 1.23 bits per heavy atom. The van der Waals surface area contributed by atoms with Crippen LogP contribution in [0.3, 0.4) is 0 Å². The van der Waals surface area contributed by atoms with Gasteiger partial charge in [0.05, 0.1) is 12.1 Å². The predicted octanol–water partition coefficient (Wildman–Crippen LogP) is 2.39. The molecule has 3 heterocycles. The van der Waals surface area contributed by atoms with Gasteiger partial charge in [-0.1, -0.05) is 0 Å². The Morgan fingerprint density at radius 2 is 2.00 bits per heavy atom. The number of halogens is 2. The molecule has 2 aromatic rings. The van der Waals surface area contributed by atoms with Crippen molar-refractivity contribution in [3.05, 3.63) is 29.0 Å². The van der Waals surface area contributed by atoms with E-state index in [1.165, 1.54) is 4.90 Å². The van der Waals surface area contributed by atoms with Crippen molar-refractivity contribution in [1.29, 1.82) is 0 Å². The van der Waals surface area contributed by atoms with Gasteiger partial charge in [-0.15, -0.1) is 0 Å². The van der Waals surface area contributed by atoms with E-state index in [9.17, 15) is 13.6 Å². The molecule has 0 bridgehead atoms. The van der Waals surface area contributed by atoms with Gasteiger partial charge in [0.25, 0.3) is 0 Å². The van der Waals surface area contributed by atoms with Gasteiger partial charge in [0, 0.05) is 36.7 Å². The second kappa shape index (κ2) is 4.59. The van der Waals surface area contributed by atoms with E-state index in [1.807, 2.05) is 4.57 Å². The maximum absolute atomic E-state index is 14.4. The van der Waals surface area contributed by atoms with Crippen LogP contribution in [0.15, 0.2) is 6.07 Å². The van der Waals surface area contributed by atoms with Crippen LogP contribution in [-0.4, -0.2) is 40.4 Å². The van der Waals surface area contributed by atoms with Crippen LogP contribution in [0.1, 0.15) is 11.3 Å². The number of hydrogen-bond acceptors (Lipinski definition) is 2. The molecule has 2 aliphatic heterocycles. The number of benzene rings is 1. The van der Waals surface area contributed by atoms with E-state index in [4.69, 9.17) is 9.84 Å². The summed E-state index contributed by atoms with van der Waals surface area (Å²) in [6.45, 7) is 1.61. The molecule has 0 atom stereocenters. The van der Waals surface area contributed by atoms with Crippen LogP contribution in [0.25, 0.3) is 10.9 Å². The molecule has 0 saturated heterocycles. The Morgan fingerprint density at radius 3 is 2.77 bits per heavy atom. The summed E-state index contributed by atoms with van der Waals surface area (Å²) in [7, 11) is 0. The van der Waals surface area contributed by atoms with Gasteiger partial charge in [-0.3, -0.25) is 0 Å². The number of fused-ring (bicyclic) bond motifs is 3. The zero-order valence-corrected chi connectivity index (χ0v) is 11.7. The highest BCUT2D eigenvalue weighted by Gasteiger charge is 2.30. The first-order valence-corrected chi connectivity index (χ1v) is 7.20. The maximum Gasteiger partial charge on any atom is 0.407 e. The normalized spacial score (nSPS) is 17.1. The second-order valence-electron chi connectivity index (χ2n) is 5.59. The first-order chi connectivity index (χ1) is 10.6. The molecule has 0 unspecified atom stereocenters. The number of nitrogens with zero attached hydrogens (tertiary/aromatic N) is 2. The van der Waals surface area contributed by atoms with Crippen molar-refractivity contribution in [2.75, 3.05) is 19.7 Å². The topological polar surface area (TPSA) is 54.7 Å². The molecule has 116 valence electrons. The SMILES string of the molecule is O=C(O)N1CCc2c(n3c4c(cc(F)c(F)c24)OCC3)CC1. The Bertz CT molecular complexity index is 800. The van der Waals surface area contributed by atoms with Gasteiger partial charge in [-0.25, -0.2) is 13.6 Å². The monoisotopic (exact) mass is 308 g/mol. The van der Waals surface area contributed by atoms with Gasteiger partial charge in [0.15, 0.2) is 11.6 Å². The third-order valence-electron chi connectivity index (χ3n) is 4.50. The number of amides is 1. The molecule has 0 fully saturated rings. The molecule has 0 saturated carbocycles. The fourth-order valence-electron chi connectivity index (χ4n) is 3.53. The lowest BCUT2D eigenvalue weighted by Crippen LogP contribution is -2.32. The Hall–Kier alpha value is -2.31. The molecular weight excluding hydrogens is 294 g/mol. The highest BCUT2D eigenvalue weighted by atomic mass is 19.2. The maximum atomic E-state index is 14.4. The summed E-state index contributed by atoms with van der Waals surface area (Å²) >= 11 is 0. The van der Waals surface area contributed by atoms with Crippen molar-refractivity contribution >= 4 is 17.0 Å². The van der Waals surface area contributed by atoms with E-state index in [2.05, 4.69) is 0 Å². The van der Waals surface area contributed by atoms with Crippen molar-refractivity contribution in [1.82, 2.24) is 9.47 Å². The lowest BCUT2D eigenvalue weighted by atomic mass is 10.1.